The third kappa shape index (κ3) is 7.58. The number of aliphatic carboxylic acids is 1. The average Bonchev–Trinajstić information content (AvgIpc) is 2.65. The molecule has 1 aromatic rings. The van der Waals surface area contributed by atoms with E-state index in [1.807, 2.05) is 5.32 Å². The van der Waals surface area contributed by atoms with Crippen molar-refractivity contribution in [3.05, 3.63) is 41.4 Å². The lowest BCUT2D eigenvalue weighted by Gasteiger charge is -2.26. The highest BCUT2D eigenvalue weighted by molar-refractivity contribution is 6.33. The van der Waals surface area contributed by atoms with Crippen LogP contribution >= 0.6 is 11.6 Å². The molecule has 0 bridgehead atoms. The van der Waals surface area contributed by atoms with E-state index in [4.69, 9.17) is 16.7 Å². The minimum atomic E-state index is -4.78. The molecule has 1 aromatic carbocycles. The summed E-state index contributed by atoms with van der Waals surface area (Å²) in [5.41, 5.74) is 0.487. The monoisotopic (exact) mass is 450 g/mol. The molecule has 30 heavy (non-hydrogen) atoms. The molecule has 0 aliphatic heterocycles. The number of halogens is 4. The molecule has 3 atom stereocenters. The van der Waals surface area contributed by atoms with Gasteiger partial charge in [-0.3, -0.25) is 9.59 Å². The van der Waals surface area contributed by atoms with Gasteiger partial charge in [0.05, 0.1) is 22.5 Å². The average molecular weight is 451 g/mol. The van der Waals surface area contributed by atoms with Gasteiger partial charge in [-0.2, -0.15) is 13.2 Å². The molecule has 0 fully saturated rings. The number of anilines is 1. The molecule has 11 heteroatoms. The number of carbonyl (C=O) groups is 3. The number of carboxylic acids is 1. The lowest BCUT2D eigenvalue weighted by Crippen LogP contribution is -2.52. The van der Waals surface area contributed by atoms with E-state index in [2.05, 4.69) is 16.6 Å². The summed E-state index contributed by atoms with van der Waals surface area (Å²) in [6.45, 7) is 5.28. The molecular formula is C19H22ClF3N2O5. The lowest BCUT2D eigenvalue weighted by atomic mass is 9.99. The Labute approximate surface area is 176 Å². The zero-order valence-corrected chi connectivity index (χ0v) is 17.0. The van der Waals surface area contributed by atoms with Gasteiger partial charge in [-0.25, -0.2) is 4.79 Å². The SMILES string of the molecule is C=CCOC(=O)N[C@H](C(=O)Nc1cc(C[C@@H](C)C(=O)O)ccc1Cl)C(C)C(F)(F)F. The number of alkyl halides is 3. The summed E-state index contributed by atoms with van der Waals surface area (Å²) in [5.74, 6) is -5.16. The van der Waals surface area contributed by atoms with Crippen molar-refractivity contribution in [2.75, 3.05) is 11.9 Å². The Hall–Kier alpha value is -2.75. The fraction of sp³-hybridized carbons (Fsp3) is 0.421. The summed E-state index contributed by atoms with van der Waals surface area (Å²) in [5, 5.41) is 13.2. The first kappa shape index (κ1) is 25.3. The molecular weight excluding hydrogens is 429 g/mol. The lowest BCUT2D eigenvalue weighted by molar-refractivity contribution is -0.178. The number of ether oxygens (including phenoxy) is 1. The van der Waals surface area contributed by atoms with E-state index in [-0.39, 0.29) is 23.7 Å². The maximum atomic E-state index is 13.2. The summed E-state index contributed by atoms with van der Waals surface area (Å²) in [4.78, 5) is 35.3. The first-order chi connectivity index (χ1) is 13.9. The van der Waals surface area contributed by atoms with Gasteiger partial charge in [0.15, 0.2) is 0 Å². The fourth-order valence-electron chi connectivity index (χ4n) is 2.36. The number of carboxylic acid groups (broad SMARTS) is 1. The van der Waals surface area contributed by atoms with E-state index in [1.54, 1.807) is 0 Å². The third-order valence-electron chi connectivity index (χ3n) is 4.16. The Morgan fingerprint density at radius 3 is 2.47 bits per heavy atom. The number of rotatable bonds is 9. The number of amides is 2. The molecule has 0 saturated heterocycles. The first-order valence-electron chi connectivity index (χ1n) is 8.79. The zero-order chi connectivity index (χ0) is 23.1. The number of hydrogen-bond acceptors (Lipinski definition) is 4. The molecule has 0 spiro atoms. The van der Waals surface area contributed by atoms with Crippen molar-refractivity contribution in [1.29, 1.82) is 0 Å². The van der Waals surface area contributed by atoms with Crippen molar-refractivity contribution in [1.82, 2.24) is 5.32 Å². The van der Waals surface area contributed by atoms with Crippen LogP contribution in [0.25, 0.3) is 0 Å². The van der Waals surface area contributed by atoms with Gasteiger partial charge in [0.25, 0.3) is 0 Å². The molecule has 0 radical (unpaired) electrons. The molecule has 0 aromatic heterocycles. The Balaban J connectivity index is 3.08. The molecule has 3 N–H and O–H groups in total. The summed E-state index contributed by atoms with van der Waals surface area (Å²) < 4.78 is 44.2. The highest BCUT2D eigenvalue weighted by atomic mass is 35.5. The van der Waals surface area contributed by atoms with Crippen LogP contribution in [0.15, 0.2) is 30.9 Å². The number of alkyl carbamates (subject to hydrolysis) is 1. The predicted molar refractivity (Wildman–Crippen MR) is 104 cm³/mol. The minimum absolute atomic E-state index is 0.0163. The molecule has 0 aliphatic rings. The largest absolute Gasteiger partial charge is 0.481 e. The van der Waals surface area contributed by atoms with Gasteiger partial charge in [0.1, 0.15) is 12.6 Å². The van der Waals surface area contributed by atoms with Gasteiger partial charge < -0.3 is 20.5 Å². The number of nitrogens with one attached hydrogen (secondary N) is 2. The molecule has 2 amide bonds. The van der Waals surface area contributed by atoms with Gasteiger partial charge in [-0.05, 0) is 24.1 Å². The third-order valence-corrected chi connectivity index (χ3v) is 4.49. The smallest absolute Gasteiger partial charge is 0.408 e. The van der Waals surface area contributed by atoms with E-state index >= 15 is 0 Å². The van der Waals surface area contributed by atoms with E-state index < -0.39 is 42.0 Å². The van der Waals surface area contributed by atoms with Crippen molar-refractivity contribution in [2.45, 2.75) is 32.5 Å². The second-order valence-electron chi connectivity index (χ2n) is 6.59. The minimum Gasteiger partial charge on any atom is -0.481 e. The van der Waals surface area contributed by atoms with Gasteiger partial charge in [0, 0.05) is 0 Å². The molecule has 1 unspecified atom stereocenters. The van der Waals surface area contributed by atoms with Crippen molar-refractivity contribution in [3.8, 4) is 0 Å². The normalized spacial score (nSPS) is 14.2. The van der Waals surface area contributed by atoms with E-state index in [1.165, 1.54) is 31.2 Å². The fourth-order valence-corrected chi connectivity index (χ4v) is 2.52. The van der Waals surface area contributed by atoms with Gasteiger partial charge >= 0.3 is 18.2 Å². The summed E-state index contributed by atoms with van der Waals surface area (Å²) in [6.07, 6.45) is -4.67. The van der Waals surface area contributed by atoms with Crippen molar-refractivity contribution >= 4 is 35.3 Å². The van der Waals surface area contributed by atoms with Crippen LogP contribution < -0.4 is 10.6 Å². The van der Waals surface area contributed by atoms with Gasteiger partial charge in [-0.15, -0.1) is 0 Å². The summed E-state index contributed by atoms with van der Waals surface area (Å²) in [7, 11) is 0. The molecule has 0 saturated carbocycles. The summed E-state index contributed by atoms with van der Waals surface area (Å²) >= 11 is 6.01. The van der Waals surface area contributed by atoms with Crippen LogP contribution in [-0.2, 0) is 20.7 Å². The van der Waals surface area contributed by atoms with Crippen molar-refractivity contribution in [3.63, 3.8) is 0 Å². The maximum absolute atomic E-state index is 13.2. The molecule has 0 aliphatic carbocycles. The topological polar surface area (TPSA) is 105 Å². The van der Waals surface area contributed by atoms with E-state index in [0.29, 0.717) is 5.56 Å². The van der Waals surface area contributed by atoms with Crippen LogP contribution in [-0.4, -0.2) is 41.9 Å². The maximum Gasteiger partial charge on any atom is 0.408 e. The van der Waals surface area contributed by atoms with Crippen LogP contribution in [0, 0.1) is 11.8 Å². The standard InChI is InChI=1S/C19H22ClF3N2O5/c1-4-7-30-18(29)25-15(11(3)19(21,22)23)16(26)24-14-9-12(5-6-13(14)20)8-10(2)17(27)28/h4-6,9-11,15H,1,7-8H2,2-3H3,(H,24,26)(H,25,29)(H,27,28)/t10-,11?,15+/m1/s1. The van der Waals surface area contributed by atoms with Gasteiger partial charge in [0.2, 0.25) is 5.91 Å². The van der Waals surface area contributed by atoms with E-state index in [9.17, 15) is 27.6 Å². The molecule has 1 rings (SSSR count). The van der Waals surface area contributed by atoms with E-state index in [0.717, 1.165) is 6.92 Å². The quantitative estimate of drug-likeness (QED) is 0.493. The second kappa shape index (κ2) is 10.9. The van der Waals surface area contributed by atoms with Crippen molar-refractivity contribution < 1.29 is 37.4 Å². The molecule has 166 valence electrons. The Bertz CT molecular complexity index is 801. The van der Waals surface area contributed by atoms with Crippen LogP contribution in [0.3, 0.4) is 0 Å². The second-order valence-corrected chi connectivity index (χ2v) is 6.99. The summed E-state index contributed by atoms with van der Waals surface area (Å²) in [6, 6.07) is 2.29. The Morgan fingerprint density at radius 1 is 1.30 bits per heavy atom. The Kier molecular flexibility index (Phi) is 9.16. The molecule has 0 heterocycles. The van der Waals surface area contributed by atoms with Crippen LogP contribution in [0.1, 0.15) is 19.4 Å². The highest BCUT2D eigenvalue weighted by Crippen LogP contribution is 2.30. The number of hydrogen-bond donors (Lipinski definition) is 3. The zero-order valence-electron chi connectivity index (χ0n) is 16.3. The number of carbonyl (C=O) groups excluding carboxylic acids is 2. The van der Waals surface area contributed by atoms with Crippen LogP contribution in [0.2, 0.25) is 5.02 Å². The van der Waals surface area contributed by atoms with Gasteiger partial charge in [-0.1, -0.05) is 44.2 Å². The Morgan fingerprint density at radius 2 is 1.93 bits per heavy atom. The number of benzene rings is 1. The highest BCUT2D eigenvalue weighted by Gasteiger charge is 2.45. The van der Waals surface area contributed by atoms with Crippen LogP contribution in [0.5, 0.6) is 0 Å². The molecule has 7 nitrogen and oxygen atoms in total. The first-order valence-corrected chi connectivity index (χ1v) is 9.17. The van der Waals surface area contributed by atoms with Crippen LogP contribution in [0.4, 0.5) is 23.7 Å². The predicted octanol–water partition coefficient (Wildman–Crippen LogP) is 4.02. The van der Waals surface area contributed by atoms with Crippen molar-refractivity contribution in [2.24, 2.45) is 11.8 Å².